The van der Waals surface area contributed by atoms with Gasteiger partial charge < -0.3 is 10.5 Å². The van der Waals surface area contributed by atoms with Gasteiger partial charge in [0, 0.05) is 30.1 Å². The van der Waals surface area contributed by atoms with Crippen molar-refractivity contribution in [1.29, 1.82) is 0 Å². The first-order valence-corrected chi connectivity index (χ1v) is 7.13. The Morgan fingerprint density at radius 1 is 1.20 bits per heavy atom. The van der Waals surface area contributed by atoms with Gasteiger partial charge in [0.15, 0.2) is 0 Å². The number of nitrogen functional groups attached to an aromatic ring is 1. The monoisotopic (exact) mass is 269 g/mol. The molecule has 0 bridgehead atoms. The molecule has 1 heterocycles. The quantitative estimate of drug-likeness (QED) is 0.867. The van der Waals surface area contributed by atoms with E-state index in [9.17, 15) is 0 Å². The van der Waals surface area contributed by atoms with Gasteiger partial charge in [0.25, 0.3) is 0 Å². The normalized spacial score (nSPS) is 13.8. The Morgan fingerprint density at radius 3 is 3.00 bits per heavy atom. The van der Waals surface area contributed by atoms with Crippen LogP contribution in [0.3, 0.4) is 0 Å². The van der Waals surface area contributed by atoms with Crippen molar-refractivity contribution in [3.63, 3.8) is 0 Å². The number of ether oxygens (including phenoxy) is 1. The fourth-order valence-electron chi connectivity index (χ4n) is 2.50. The molecule has 0 fully saturated rings. The average molecular weight is 269 g/mol. The predicted octanol–water partition coefficient (Wildman–Crippen LogP) is 2.56. The summed E-state index contributed by atoms with van der Waals surface area (Å²) in [5, 5.41) is 0. The summed E-state index contributed by atoms with van der Waals surface area (Å²) in [7, 11) is 0. The Kier molecular flexibility index (Phi) is 3.81. The molecule has 0 spiro atoms. The number of rotatable bonds is 4. The van der Waals surface area contributed by atoms with Crippen molar-refractivity contribution in [1.82, 2.24) is 9.97 Å². The minimum Gasteiger partial charge on any atom is -0.493 e. The maximum atomic E-state index is 5.71. The van der Waals surface area contributed by atoms with Gasteiger partial charge in [0.05, 0.1) is 6.61 Å². The predicted molar refractivity (Wildman–Crippen MR) is 78.7 cm³/mol. The van der Waals surface area contributed by atoms with Gasteiger partial charge >= 0.3 is 0 Å². The Morgan fingerprint density at radius 2 is 2.10 bits per heavy atom. The van der Waals surface area contributed by atoms with E-state index in [1.807, 2.05) is 30.5 Å². The van der Waals surface area contributed by atoms with Gasteiger partial charge in [0.2, 0.25) is 0 Å². The van der Waals surface area contributed by atoms with Crippen LogP contribution in [0.2, 0.25) is 0 Å². The molecule has 1 aromatic heterocycles. The largest absolute Gasteiger partial charge is 0.493 e. The van der Waals surface area contributed by atoms with Gasteiger partial charge in [-0.05, 0) is 43.4 Å². The van der Waals surface area contributed by atoms with E-state index in [1.165, 1.54) is 24.1 Å². The zero-order chi connectivity index (χ0) is 13.8. The zero-order valence-corrected chi connectivity index (χ0v) is 11.5. The summed E-state index contributed by atoms with van der Waals surface area (Å²) in [4.78, 5) is 9.07. The number of nitrogens with zero attached hydrogens (tertiary/aromatic N) is 2. The summed E-state index contributed by atoms with van der Waals surface area (Å²) in [5.74, 6) is 1.66. The Labute approximate surface area is 119 Å². The highest BCUT2D eigenvalue weighted by Gasteiger charge is 2.11. The Bertz CT molecular complexity index is 598. The highest BCUT2D eigenvalue weighted by molar-refractivity contribution is 5.43. The maximum absolute atomic E-state index is 5.71. The van der Waals surface area contributed by atoms with Crippen LogP contribution in [-0.4, -0.2) is 16.6 Å². The third-order valence-electron chi connectivity index (χ3n) is 3.57. The third kappa shape index (κ3) is 3.07. The smallest absolute Gasteiger partial charge is 0.131 e. The van der Waals surface area contributed by atoms with Crippen LogP contribution in [0.4, 0.5) is 5.69 Å². The lowest BCUT2D eigenvalue weighted by Gasteiger charge is -2.14. The molecule has 0 unspecified atom stereocenters. The number of nitrogens with two attached hydrogens (primary N) is 1. The molecule has 4 heteroatoms. The number of aryl methyl sites for hydroxylation is 2. The molecule has 20 heavy (non-hydrogen) atoms. The average Bonchev–Trinajstić information content (AvgIpc) is 2.47. The van der Waals surface area contributed by atoms with Crippen molar-refractivity contribution in [3.05, 3.63) is 47.5 Å². The second-order valence-corrected chi connectivity index (χ2v) is 5.14. The standard InChI is InChI=1S/C16H19N3O/c17-13-5-3-6-14(10-13)20-9-8-16-18-11-12-4-1-2-7-15(12)19-16/h3,5-6,10-11H,1-2,4,7-9,17H2. The second kappa shape index (κ2) is 5.90. The number of benzene rings is 1. The number of aromatic nitrogens is 2. The zero-order valence-electron chi connectivity index (χ0n) is 11.5. The second-order valence-electron chi connectivity index (χ2n) is 5.14. The first-order chi connectivity index (χ1) is 9.81. The molecular formula is C16H19N3O. The highest BCUT2D eigenvalue weighted by atomic mass is 16.5. The van der Waals surface area contributed by atoms with Crippen molar-refractivity contribution < 1.29 is 4.74 Å². The molecule has 3 rings (SSSR count). The number of fused-ring (bicyclic) bond motifs is 1. The number of hydrogen-bond acceptors (Lipinski definition) is 4. The van der Waals surface area contributed by atoms with E-state index < -0.39 is 0 Å². The molecule has 104 valence electrons. The molecule has 0 radical (unpaired) electrons. The SMILES string of the molecule is Nc1cccc(OCCc2ncc3c(n2)CCCC3)c1. The van der Waals surface area contributed by atoms with Crippen molar-refractivity contribution in [2.45, 2.75) is 32.1 Å². The molecule has 1 aromatic carbocycles. The van der Waals surface area contributed by atoms with Crippen LogP contribution in [0.1, 0.15) is 29.9 Å². The van der Waals surface area contributed by atoms with Gasteiger partial charge in [-0.1, -0.05) is 6.07 Å². The van der Waals surface area contributed by atoms with Gasteiger partial charge in [-0.15, -0.1) is 0 Å². The lowest BCUT2D eigenvalue weighted by atomic mass is 9.97. The molecule has 2 N–H and O–H groups in total. The third-order valence-corrected chi connectivity index (χ3v) is 3.57. The van der Waals surface area contributed by atoms with E-state index in [1.54, 1.807) is 0 Å². The number of anilines is 1. The van der Waals surface area contributed by atoms with Crippen molar-refractivity contribution in [2.24, 2.45) is 0 Å². The van der Waals surface area contributed by atoms with E-state index in [0.717, 1.165) is 30.8 Å². The summed E-state index contributed by atoms with van der Waals surface area (Å²) in [6.07, 6.45) is 7.41. The summed E-state index contributed by atoms with van der Waals surface area (Å²) >= 11 is 0. The van der Waals surface area contributed by atoms with Gasteiger partial charge in [-0.3, -0.25) is 0 Å². The van der Waals surface area contributed by atoms with E-state index in [2.05, 4.69) is 9.97 Å². The van der Waals surface area contributed by atoms with Crippen LogP contribution in [0.5, 0.6) is 5.75 Å². The van der Waals surface area contributed by atoms with Crippen LogP contribution in [-0.2, 0) is 19.3 Å². The van der Waals surface area contributed by atoms with Crippen LogP contribution < -0.4 is 10.5 Å². The Hall–Kier alpha value is -2.10. The molecule has 0 atom stereocenters. The van der Waals surface area contributed by atoms with E-state index in [0.29, 0.717) is 12.3 Å². The van der Waals surface area contributed by atoms with Crippen molar-refractivity contribution >= 4 is 5.69 Å². The fourth-order valence-corrected chi connectivity index (χ4v) is 2.50. The molecular weight excluding hydrogens is 250 g/mol. The molecule has 2 aromatic rings. The molecule has 0 saturated heterocycles. The van der Waals surface area contributed by atoms with Crippen LogP contribution in [0, 0.1) is 0 Å². The highest BCUT2D eigenvalue weighted by Crippen LogP contribution is 2.18. The molecule has 0 aliphatic heterocycles. The molecule has 0 amide bonds. The summed E-state index contributed by atoms with van der Waals surface area (Å²) < 4.78 is 5.67. The lowest BCUT2D eigenvalue weighted by Crippen LogP contribution is -2.11. The van der Waals surface area contributed by atoms with Gasteiger partial charge in [-0.2, -0.15) is 0 Å². The topological polar surface area (TPSA) is 61.0 Å². The number of hydrogen-bond donors (Lipinski definition) is 1. The van der Waals surface area contributed by atoms with Crippen LogP contribution in [0.25, 0.3) is 0 Å². The molecule has 1 aliphatic rings. The van der Waals surface area contributed by atoms with Gasteiger partial charge in [0.1, 0.15) is 11.6 Å². The van der Waals surface area contributed by atoms with Crippen molar-refractivity contribution in [2.75, 3.05) is 12.3 Å². The van der Waals surface area contributed by atoms with E-state index in [-0.39, 0.29) is 0 Å². The van der Waals surface area contributed by atoms with Crippen LogP contribution in [0.15, 0.2) is 30.5 Å². The molecule has 0 saturated carbocycles. The summed E-state index contributed by atoms with van der Waals surface area (Å²) in [5.41, 5.74) is 8.97. The van der Waals surface area contributed by atoms with Crippen molar-refractivity contribution in [3.8, 4) is 5.75 Å². The van der Waals surface area contributed by atoms with E-state index >= 15 is 0 Å². The molecule has 1 aliphatic carbocycles. The van der Waals surface area contributed by atoms with Crippen LogP contribution >= 0.6 is 0 Å². The molecule has 4 nitrogen and oxygen atoms in total. The summed E-state index contributed by atoms with van der Waals surface area (Å²) in [6.45, 7) is 0.572. The van der Waals surface area contributed by atoms with Gasteiger partial charge in [-0.25, -0.2) is 9.97 Å². The Balaban J connectivity index is 1.58. The maximum Gasteiger partial charge on any atom is 0.131 e. The fraction of sp³-hybridized carbons (Fsp3) is 0.375. The van der Waals surface area contributed by atoms with E-state index in [4.69, 9.17) is 10.5 Å². The first kappa shape index (κ1) is 12.9. The minimum atomic E-state index is 0.572. The lowest BCUT2D eigenvalue weighted by molar-refractivity contribution is 0.319. The summed E-state index contributed by atoms with van der Waals surface area (Å²) in [6, 6.07) is 7.47. The minimum absolute atomic E-state index is 0.572. The first-order valence-electron chi connectivity index (χ1n) is 7.13.